The predicted molar refractivity (Wildman–Crippen MR) is 72.7 cm³/mol. The Bertz CT molecular complexity index is 484. The minimum Gasteiger partial charge on any atom is -0.324 e. The summed E-state index contributed by atoms with van der Waals surface area (Å²) < 4.78 is 0. The molecule has 1 unspecified atom stereocenters. The molecule has 1 aromatic carbocycles. The number of para-hydroxylation sites is 1. The summed E-state index contributed by atoms with van der Waals surface area (Å²) >= 11 is 0. The molecule has 0 bridgehead atoms. The van der Waals surface area contributed by atoms with E-state index in [1.165, 1.54) is 10.9 Å². The molecule has 0 spiro atoms. The lowest BCUT2D eigenvalue weighted by atomic mass is 9.88. The molecule has 0 amide bonds. The second kappa shape index (κ2) is 5.28. The molecule has 2 heteroatoms. The molecule has 0 fully saturated rings. The van der Waals surface area contributed by atoms with E-state index in [9.17, 15) is 0 Å². The van der Waals surface area contributed by atoms with Crippen LogP contribution in [0.15, 0.2) is 36.5 Å². The number of aromatic nitrogens is 1. The fourth-order valence-electron chi connectivity index (χ4n) is 2.45. The van der Waals surface area contributed by atoms with Crippen molar-refractivity contribution in [3.05, 3.63) is 42.1 Å². The molecule has 0 radical (unpaired) electrons. The minimum absolute atomic E-state index is 0.0867. The summed E-state index contributed by atoms with van der Waals surface area (Å²) in [4.78, 5) is 4.47. The summed E-state index contributed by atoms with van der Waals surface area (Å²) in [7, 11) is 0. The summed E-state index contributed by atoms with van der Waals surface area (Å²) in [6, 6.07) is 10.4. The average molecular weight is 228 g/mol. The van der Waals surface area contributed by atoms with E-state index in [0.29, 0.717) is 5.92 Å². The SMILES string of the molecule is CCC(CC)C(N)c1cccc2cccnc12. The Morgan fingerprint density at radius 1 is 1.12 bits per heavy atom. The van der Waals surface area contributed by atoms with Gasteiger partial charge in [0.1, 0.15) is 0 Å². The Morgan fingerprint density at radius 3 is 2.53 bits per heavy atom. The van der Waals surface area contributed by atoms with E-state index in [1.807, 2.05) is 12.3 Å². The van der Waals surface area contributed by atoms with Gasteiger partial charge in [-0.25, -0.2) is 0 Å². The Morgan fingerprint density at radius 2 is 1.82 bits per heavy atom. The van der Waals surface area contributed by atoms with Crippen LogP contribution in [-0.2, 0) is 0 Å². The largest absolute Gasteiger partial charge is 0.324 e. The van der Waals surface area contributed by atoms with Gasteiger partial charge in [-0.15, -0.1) is 0 Å². The van der Waals surface area contributed by atoms with Crippen LogP contribution in [0.25, 0.3) is 10.9 Å². The van der Waals surface area contributed by atoms with Crippen molar-refractivity contribution < 1.29 is 0 Å². The standard InChI is InChI=1S/C15H20N2/c1-3-11(4-2)14(16)13-9-5-7-12-8-6-10-17-15(12)13/h5-11,14H,3-4,16H2,1-2H3. The summed E-state index contributed by atoms with van der Waals surface area (Å²) in [6.07, 6.45) is 4.06. The summed E-state index contributed by atoms with van der Waals surface area (Å²) in [5.41, 5.74) is 8.61. The van der Waals surface area contributed by atoms with Gasteiger partial charge in [-0.05, 0) is 17.5 Å². The van der Waals surface area contributed by atoms with Gasteiger partial charge in [0.2, 0.25) is 0 Å². The molecule has 0 aliphatic rings. The lowest BCUT2D eigenvalue weighted by Crippen LogP contribution is -2.20. The second-order valence-electron chi connectivity index (χ2n) is 4.52. The number of hydrogen-bond acceptors (Lipinski definition) is 2. The number of fused-ring (bicyclic) bond motifs is 1. The topological polar surface area (TPSA) is 38.9 Å². The summed E-state index contributed by atoms with van der Waals surface area (Å²) in [5.74, 6) is 0.530. The molecule has 2 N–H and O–H groups in total. The van der Waals surface area contributed by atoms with Gasteiger partial charge in [-0.2, -0.15) is 0 Å². The van der Waals surface area contributed by atoms with Gasteiger partial charge >= 0.3 is 0 Å². The fraction of sp³-hybridized carbons (Fsp3) is 0.400. The molecule has 1 atom stereocenters. The zero-order valence-corrected chi connectivity index (χ0v) is 10.6. The van der Waals surface area contributed by atoms with E-state index in [1.54, 1.807) is 0 Å². The third-order valence-corrected chi connectivity index (χ3v) is 3.58. The van der Waals surface area contributed by atoms with E-state index in [2.05, 4.69) is 43.1 Å². The van der Waals surface area contributed by atoms with E-state index < -0.39 is 0 Å². The van der Waals surface area contributed by atoms with E-state index >= 15 is 0 Å². The zero-order chi connectivity index (χ0) is 12.3. The lowest BCUT2D eigenvalue weighted by Gasteiger charge is -2.22. The molecule has 1 aromatic heterocycles. The number of nitrogens with two attached hydrogens (primary N) is 1. The quantitative estimate of drug-likeness (QED) is 0.867. The van der Waals surface area contributed by atoms with Crippen LogP contribution in [-0.4, -0.2) is 4.98 Å². The maximum atomic E-state index is 6.39. The van der Waals surface area contributed by atoms with Crippen LogP contribution in [0.3, 0.4) is 0 Å². The molecule has 0 aliphatic heterocycles. The van der Waals surface area contributed by atoms with Crippen LogP contribution in [0.2, 0.25) is 0 Å². The van der Waals surface area contributed by atoms with E-state index in [0.717, 1.165) is 18.4 Å². The van der Waals surface area contributed by atoms with Crippen LogP contribution >= 0.6 is 0 Å². The van der Waals surface area contributed by atoms with Gasteiger partial charge in [0, 0.05) is 17.6 Å². The summed E-state index contributed by atoms with van der Waals surface area (Å²) in [5, 5.41) is 1.17. The third kappa shape index (κ3) is 2.32. The first-order valence-corrected chi connectivity index (χ1v) is 6.37. The number of benzene rings is 1. The first-order chi connectivity index (χ1) is 8.27. The van der Waals surface area contributed by atoms with Gasteiger partial charge < -0.3 is 5.73 Å². The highest BCUT2D eigenvalue weighted by molar-refractivity contribution is 5.82. The second-order valence-corrected chi connectivity index (χ2v) is 4.52. The van der Waals surface area contributed by atoms with E-state index in [4.69, 9.17) is 5.73 Å². The fourth-order valence-corrected chi connectivity index (χ4v) is 2.45. The Balaban J connectivity index is 2.47. The van der Waals surface area contributed by atoms with Crippen LogP contribution in [0.4, 0.5) is 0 Å². The Hall–Kier alpha value is -1.41. The number of nitrogens with zero attached hydrogens (tertiary/aromatic N) is 1. The highest BCUT2D eigenvalue weighted by Gasteiger charge is 2.18. The molecule has 2 aromatic rings. The Kier molecular flexibility index (Phi) is 3.75. The lowest BCUT2D eigenvalue weighted by molar-refractivity contribution is 0.407. The molecule has 0 saturated carbocycles. The minimum atomic E-state index is 0.0867. The average Bonchev–Trinajstić information content (AvgIpc) is 2.39. The van der Waals surface area contributed by atoms with Crippen LogP contribution < -0.4 is 5.73 Å². The molecule has 1 heterocycles. The Labute approximate surface area is 103 Å². The smallest absolute Gasteiger partial charge is 0.0749 e. The first kappa shape index (κ1) is 12.1. The van der Waals surface area contributed by atoms with Crippen molar-refractivity contribution in [1.82, 2.24) is 4.98 Å². The van der Waals surface area contributed by atoms with Crippen molar-refractivity contribution in [2.75, 3.05) is 0 Å². The van der Waals surface area contributed by atoms with Crippen molar-refractivity contribution in [3.63, 3.8) is 0 Å². The summed E-state index contributed by atoms with van der Waals surface area (Å²) in [6.45, 7) is 4.40. The molecule has 2 nitrogen and oxygen atoms in total. The monoisotopic (exact) mass is 228 g/mol. The van der Waals surface area contributed by atoms with Crippen molar-refractivity contribution in [3.8, 4) is 0 Å². The molecule has 2 rings (SSSR count). The molecule has 0 aliphatic carbocycles. The van der Waals surface area contributed by atoms with Gasteiger partial charge in [-0.1, -0.05) is 51.0 Å². The molecule has 17 heavy (non-hydrogen) atoms. The third-order valence-electron chi connectivity index (χ3n) is 3.58. The number of rotatable bonds is 4. The molecule has 0 saturated heterocycles. The van der Waals surface area contributed by atoms with Gasteiger partial charge in [-0.3, -0.25) is 4.98 Å². The maximum Gasteiger partial charge on any atom is 0.0749 e. The molecule has 90 valence electrons. The molecular formula is C15H20N2. The zero-order valence-electron chi connectivity index (χ0n) is 10.6. The number of pyridine rings is 1. The highest BCUT2D eigenvalue weighted by Crippen LogP contribution is 2.29. The van der Waals surface area contributed by atoms with Gasteiger partial charge in [0.05, 0.1) is 5.52 Å². The van der Waals surface area contributed by atoms with Crippen LogP contribution in [0.5, 0.6) is 0 Å². The number of hydrogen-bond donors (Lipinski definition) is 1. The van der Waals surface area contributed by atoms with Gasteiger partial charge in [0.15, 0.2) is 0 Å². The predicted octanol–water partition coefficient (Wildman–Crippen LogP) is 3.67. The van der Waals surface area contributed by atoms with Crippen molar-refractivity contribution >= 4 is 10.9 Å². The van der Waals surface area contributed by atoms with Crippen molar-refractivity contribution in [1.29, 1.82) is 0 Å². The van der Waals surface area contributed by atoms with Crippen LogP contribution in [0.1, 0.15) is 38.3 Å². The molecular weight excluding hydrogens is 208 g/mol. The highest BCUT2D eigenvalue weighted by atomic mass is 14.7. The van der Waals surface area contributed by atoms with Gasteiger partial charge in [0.25, 0.3) is 0 Å². The van der Waals surface area contributed by atoms with Crippen LogP contribution in [0, 0.1) is 5.92 Å². The first-order valence-electron chi connectivity index (χ1n) is 6.37. The maximum absolute atomic E-state index is 6.39. The van der Waals surface area contributed by atoms with Crippen molar-refractivity contribution in [2.24, 2.45) is 11.7 Å². The van der Waals surface area contributed by atoms with E-state index in [-0.39, 0.29) is 6.04 Å². The normalized spacial score (nSPS) is 13.2. The van der Waals surface area contributed by atoms with Crippen molar-refractivity contribution in [2.45, 2.75) is 32.7 Å².